The largest absolute Gasteiger partial charge is 0.369 e. The molecule has 1 aromatic carbocycles. The first kappa shape index (κ1) is 19.1. The zero-order valence-corrected chi connectivity index (χ0v) is 16.0. The van der Waals surface area contributed by atoms with Crippen LogP contribution in [0.25, 0.3) is 11.1 Å². The third-order valence-electron chi connectivity index (χ3n) is 4.86. The third-order valence-corrected chi connectivity index (χ3v) is 5.54. The predicted molar refractivity (Wildman–Crippen MR) is 104 cm³/mol. The number of benzene rings is 1. The summed E-state index contributed by atoms with van der Waals surface area (Å²) in [7, 11) is 1.39. The van der Waals surface area contributed by atoms with Gasteiger partial charge in [0.2, 0.25) is 5.54 Å². The summed E-state index contributed by atoms with van der Waals surface area (Å²) in [6.07, 6.45) is -1.64. The molecule has 3 heterocycles. The Morgan fingerprint density at radius 1 is 1.17 bits per heavy atom. The number of halogens is 3. The molecule has 1 aliphatic heterocycles. The Labute approximate surface area is 168 Å². The molecular formula is C20H15F3N4OS. The second-order valence-electron chi connectivity index (χ2n) is 6.53. The second kappa shape index (κ2) is 7.00. The number of hydrogen-bond acceptors (Lipinski definition) is 5. The molecule has 1 aliphatic rings. The molecule has 3 aromatic rings. The van der Waals surface area contributed by atoms with Crippen LogP contribution in [0.1, 0.15) is 23.2 Å². The van der Waals surface area contributed by atoms with Crippen LogP contribution < -0.4 is 5.73 Å². The average molecular weight is 416 g/mol. The van der Waals surface area contributed by atoms with Crippen LogP contribution in [0.3, 0.4) is 0 Å². The highest BCUT2D eigenvalue weighted by atomic mass is 32.1. The summed E-state index contributed by atoms with van der Waals surface area (Å²) in [4.78, 5) is 22.6. The summed E-state index contributed by atoms with van der Waals surface area (Å²) in [5.41, 5.74) is 4.79. The number of amides is 1. The first-order valence-corrected chi connectivity index (χ1v) is 9.49. The Bertz CT molecular complexity index is 1120. The van der Waals surface area contributed by atoms with Crippen molar-refractivity contribution in [2.75, 3.05) is 7.05 Å². The molecule has 0 saturated carbocycles. The fourth-order valence-corrected chi connectivity index (χ4v) is 3.98. The maximum absolute atomic E-state index is 15.0. The lowest BCUT2D eigenvalue weighted by atomic mass is 9.84. The lowest BCUT2D eigenvalue weighted by Crippen LogP contribution is -2.42. The van der Waals surface area contributed by atoms with Gasteiger partial charge in [0.1, 0.15) is 5.82 Å². The van der Waals surface area contributed by atoms with E-state index in [2.05, 4.69) is 9.98 Å². The van der Waals surface area contributed by atoms with E-state index < -0.39 is 23.7 Å². The van der Waals surface area contributed by atoms with E-state index in [0.717, 1.165) is 28.8 Å². The molecule has 0 saturated heterocycles. The number of rotatable bonds is 4. The van der Waals surface area contributed by atoms with Gasteiger partial charge in [0.15, 0.2) is 5.96 Å². The monoisotopic (exact) mass is 416 g/mol. The highest BCUT2D eigenvalue weighted by Gasteiger charge is 2.52. The van der Waals surface area contributed by atoms with Crippen molar-refractivity contribution in [1.29, 1.82) is 0 Å². The van der Waals surface area contributed by atoms with E-state index in [1.165, 1.54) is 30.5 Å². The molecule has 0 bridgehead atoms. The lowest BCUT2D eigenvalue weighted by Gasteiger charge is -2.26. The summed E-state index contributed by atoms with van der Waals surface area (Å²) in [5.74, 6) is -1.54. The van der Waals surface area contributed by atoms with Crippen LogP contribution in [0, 0.1) is 5.82 Å². The Kier molecular flexibility index (Phi) is 4.62. The highest BCUT2D eigenvalue weighted by Crippen LogP contribution is 2.41. The molecule has 148 valence electrons. The van der Waals surface area contributed by atoms with Gasteiger partial charge >= 0.3 is 0 Å². The molecule has 0 aliphatic carbocycles. The minimum Gasteiger partial charge on any atom is -0.369 e. The minimum absolute atomic E-state index is 0.0996. The van der Waals surface area contributed by atoms with Crippen LogP contribution in [0.4, 0.5) is 13.2 Å². The smallest absolute Gasteiger partial charge is 0.268 e. The van der Waals surface area contributed by atoms with Gasteiger partial charge < -0.3 is 5.73 Å². The summed E-state index contributed by atoms with van der Waals surface area (Å²) in [5, 5.41) is 3.74. The van der Waals surface area contributed by atoms with Crippen LogP contribution in [-0.4, -0.2) is 28.8 Å². The Hall–Kier alpha value is -3.20. The van der Waals surface area contributed by atoms with E-state index in [9.17, 15) is 13.6 Å². The van der Waals surface area contributed by atoms with Crippen LogP contribution in [0.2, 0.25) is 0 Å². The standard InChI is InChI=1S/C20H15F3N4OS/c1-27-18(28)20(26-19(27)24,16-9-12(17(22)23)4-6-25-16)14-8-11(2-3-15(14)21)13-5-7-29-10-13/h2-10,17H,1H3,(H2,24,26). The zero-order valence-electron chi connectivity index (χ0n) is 15.1. The second-order valence-corrected chi connectivity index (χ2v) is 7.31. The third kappa shape index (κ3) is 2.98. The van der Waals surface area contributed by atoms with Crippen LogP contribution in [0.15, 0.2) is 58.3 Å². The first-order valence-electron chi connectivity index (χ1n) is 8.55. The van der Waals surface area contributed by atoms with Gasteiger partial charge in [-0.25, -0.2) is 18.2 Å². The quantitative estimate of drug-likeness (QED) is 0.701. The number of carbonyl (C=O) groups is 1. The molecule has 9 heteroatoms. The van der Waals surface area contributed by atoms with Gasteiger partial charge in [-0.15, -0.1) is 0 Å². The van der Waals surface area contributed by atoms with E-state index in [1.807, 2.05) is 16.8 Å². The summed E-state index contributed by atoms with van der Waals surface area (Å²) in [6.45, 7) is 0. The van der Waals surface area contributed by atoms with Gasteiger partial charge in [-0.1, -0.05) is 6.07 Å². The zero-order chi connectivity index (χ0) is 20.8. The van der Waals surface area contributed by atoms with Gasteiger partial charge in [-0.3, -0.25) is 14.7 Å². The molecule has 2 N–H and O–H groups in total. The fraction of sp³-hybridized carbons (Fsp3) is 0.150. The number of aliphatic imine (C=N–C) groups is 1. The fourth-order valence-electron chi connectivity index (χ4n) is 3.31. The van der Waals surface area contributed by atoms with Crippen molar-refractivity contribution >= 4 is 23.2 Å². The summed E-state index contributed by atoms with van der Waals surface area (Å²) >= 11 is 1.47. The number of nitrogens with two attached hydrogens (primary N) is 1. The normalized spacial score (nSPS) is 19.1. The molecule has 0 spiro atoms. The van der Waals surface area contributed by atoms with Crippen molar-refractivity contribution in [3.63, 3.8) is 0 Å². The predicted octanol–water partition coefficient (Wildman–Crippen LogP) is 3.92. The Morgan fingerprint density at radius 3 is 2.59 bits per heavy atom. The van der Waals surface area contributed by atoms with Gasteiger partial charge in [0, 0.05) is 24.4 Å². The molecule has 2 aromatic heterocycles. The lowest BCUT2D eigenvalue weighted by molar-refractivity contribution is -0.129. The van der Waals surface area contributed by atoms with Crippen molar-refractivity contribution in [1.82, 2.24) is 9.88 Å². The van der Waals surface area contributed by atoms with Crippen molar-refractivity contribution < 1.29 is 18.0 Å². The maximum atomic E-state index is 15.0. The van der Waals surface area contributed by atoms with Crippen molar-refractivity contribution in [3.8, 4) is 11.1 Å². The number of pyridine rings is 1. The average Bonchev–Trinajstić information content (AvgIpc) is 3.33. The van der Waals surface area contributed by atoms with Crippen LogP contribution in [0.5, 0.6) is 0 Å². The summed E-state index contributed by atoms with van der Waals surface area (Å²) in [6, 6.07) is 8.34. The molecule has 1 atom stereocenters. The van der Waals surface area contributed by atoms with Gasteiger partial charge in [0.25, 0.3) is 12.3 Å². The first-order chi connectivity index (χ1) is 13.8. The molecule has 0 radical (unpaired) electrons. The molecule has 29 heavy (non-hydrogen) atoms. The van der Waals surface area contributed by atoms with E-state index in [4.69, 9.17) is 5.73 Å². The number of aromatic nitrogens is 1. The van der Waals surface area contributed by atoms with E-state index in [0.29, 0.717) is 5.56 Å². The minimum atomic E-state index is -2.79. The Balaban J connectivity index is 2.00. The van der Waals surface area contributed by atoms with Crippen molar-refractivity contribution in [2.24, 2.45) is 10.7 Å². The van der Waals surface area contributed by atoms with Gasteiger partial charge in [-0.05, 0) is 52.2 Å². The maximum Gasteiger partial charge on any atom is 0.268 e. The number of alkyl halides is 2. The molecule has 0 fully saturated rings. The van der Waals surface area contributed by atoms with Gasteiger partial charge in [-0.2, -0.15) is 11.3 Å². The van der Waals surface area contributed by atoms with Crippen molar-refractivity contribution in [3.05, 3.63) is 76.0 Å². The number of thiophene rings is 1. The molecule has 4 rings (SSSR count). The molecule has 5 nitrogen and oxygen atoms in total. The van der Waals surface area contributed by atoms with Gasteiger partial charge in [0.05, 0.1) is 5.69 Å². The Morgan fingerprint density at radius 2 is 1.97 bits per heavy atom. The summed E-state index contributed by atoms with van der Waals surface area (Å²) < 4.78 is 41.6. The SMILES string of the molecule is CN1C(=O)C(c2cc(C(F)F)ccn2)(c2cc(-c3ccsc3)ccc2F)N=C1N. The molecule has 1 amide bonds. The van der Waals surface area contributed by atoms with Crippen LogP contribution >= 0.6 is 11.3 Å². The topological polar surface area (TPSA) is 71.6 Å². The number of likely N-dealkylation sites (N-methyl/N-ethyl adjacent to an activating group) is 1. The molecule has 1 unspecified atom stereocenters. The number of carbonyl (C=O) groups excluding carboxylic acids is 1. The van der Waals surface area contributed by atoms with Crippen LogP contribution in [-0.2, 0) is 10.3 Å². The number of hydrogen-bond donors (Lipinski definition) is 1. The highest BCUT2D eigenvalue weighted by molar-refractivity contribution is 7.08. The number of guanidine groups is 1. The van der Waals surface area contributed by atoms with Crippen molar-refractivity contribution in [2.45, 2.75) is 12.0 Å². The molecular weight excluding hydrogens is 401 g/mol. The van der Waals surface area contributed by atoms with E-state index in [1.54, 1.807) is 6.07 Å². The van der Waals surface area contributed by atoms with E-state index in [-0.39, 0.29) is 22.8 Å². The number of nitrogens with zero attached hydrogens (tertiary/aromatic N) is 3. The van der Waals surface area contributed by atoms with E-state index >= 15 is 4.39 Å².